The van der Waals surface area contributed by atoms with E-state index < -0.39 is 0 Å². The van der Waals surface area contributed by atoms with Gasteiger partial charge in [0.25, 0.3) is 5.91 Å². The van der Waals surface area contributed by atoms with E-state index in [9.17, 15) is 4.79 Å². The molecule has 1 unspecified atom stereocenters. The zero-order valence-electron chi connectivity index (χ0n) is 11.0. The van der Waals surface area contributed by atoms with E-state index in [4.69, 9.17) is 28.9 Å². The fourth-order valence-corrected chi connectivity index (χ4v) is 2.94. The summed E-state index contributed by atoms with van der Waals surface area (Å²) in [5.41, 5.74) is 6.53. The van der Waals surface area contributed by atoms with Crippen molar-refractivity contribution in [2.24, 2.45) is 0 Å². The molecular formula is C14H18Cl2N2O. The normalized spacial score (nSPS) is 20.2. The van der Waals surface area contributed by atoms with E-state index in [0.717, 1.165) is 19.4 Å². The molecule has 1 aromatic rings. The third-order valence-electron chi connectivity index (χ3n) is 3.64. The van der Waals surface area contributed by atoms with E-state index in [-0.39, 0.29) is 11.9 Å². The maximum atomic E-state index is 12.5. The number of nitrogen functional groups attached to an aromatic ring is 1. The number of likely N-dealkylation sites (tertiary alicyclic amines) is 1. The predicted molar refractivity (Wildman–Crippen MR) is 79.8 cm³/mol. The molecule has 0 aliphatic carbocycles. The van der Waals surface area contributed by atoms with Crippen molar-refractivity contribution in [1.29, 1.82) is 0 Å². The van der Waals surface area contributed by atoms with Gasteiger partial charge in [-0.1, -0.05) is 36.0 Å². The Morgan fingerprint density at radius 1 is 1.26 bits per heavy atom. The summed E-state index contributed by atoms with van der Waals surface area (Å²) in [5.74, 6) is -0.0156. The van der Waals surface area contributed by atoms with Gasteiger partial charge < -0.3 is 10.6 Å². The highest BCUT2D eigenvalue weighted by molar-refractivity contribution is 6.39. The Morgan fingerprint density at radius 3 is 2.53 bits per heavy atom. The first-order valence-corrected chi connectivity index (χ1v) is 7.32. The predicted octanol–water partition coefficient (Wildman–Crippen LogP) is 3.98. The Kier molecular flexibility index (Phi) is 4.58. The Morgan fingerprint density at radius 2 is 1.89 bits per heavy atom. The van der Waals surface area contributed by atoms with Crippen LogP contribution in [-0.4, -0.2) is 23.4 Å². The second kappa shape index (κ2) is 6.02. The molecule has 0 saturated carbocycles. The molecule has 0 spiro atoms. The number of hydrogen-bond acceptors (Lipinski definition) is 2. The maximum absolute atomic E-state index is 12.5. The third kappa shape index (κ3) is 3.15. The number of carbonyl (C=O) groups excluding carboxylic acids is 1. The standard InChI is InChI=1S/C14H18Cl2N2O/c1-9-5-3-2-4-6-18(9)14(19)10-7-11(15)13(17)12(16)8-10/h7-9H,2-6,17H2,1H3. The monoisotopic (exact) mass is 300 g/mol. The first-order chi connectivity index (χ1) is 9.00. The topological polar surface area (TPSA) is 46.3 Å². The van der Waals surface area contributed by atoms with Gasteiger partial charge in [-0.05, 0) is 31.9 Å². The number of benzene rings is 1. The van der Waals surface area contributed by atoms with Crippen molar-refractivity contribution >= 4 is 34.8 Å². The SMILES string of the molecule is CC1CCCCCN1C(=O)c1cc(Cl)c(N)c(Cl)c1. The fraction of sp³-hybridized carbons (Fsp3) is 0.500. The minimum atomic E-state index is -0.0156. The Bertz CT molecular complexity index is 467. The zero-order valence-corrected chi connectivity index (χ0v) is 12.5. The average Bonchev–Trinajstić information content (AvgIpc) is 2.59. The summed E-state index contributed by atoms with van der Waals surface area (Å²) in [6.45, 7) is 2.88. The van der Waals surface area contributed by atoms with E-state index in [2.05, 4.69) is 6.92 Å². The Hall–Kier alpha value is -0.930. The lowest BCUT2D eigenvalue weighted by Crippen LogP contribution is -2.38. The van der Waals surface area contributed by atoms with Crippen LogP contribution in [0.3, 0.4) is 0 Å². The zero-order chi connectivity index (χ0) is 14.0. The Balaban J connectivity index is 2.27. The summed E-state index contributed by atoms with van der Waals surface area (Å²) in [7, 11) is 0. The summed E-state index contributed by atoms with van der Waals surface area (Å²) in [6, 6.07) is 3.45. The molecule has 104 valence electrons. The summed E-state index contributed by atoms with van der Waals surface area (Å²) in [4.78, 5) is 14.5. The van der Waals surface area contributed by atoms with Crippen LogP contribution in [0.25, 0.3) is 0 Å². The molecule has 3 nitrogen and oxygen atoms in total. The van der Waals surface area contributed by atoms with Crippen molar-refractivity contribution < 1.29 is 4.79 Å². The first kappa shape index (κ1) is 14.5. The molecule has 1 atom stereocenters. The van der Waals surface area contributed by atoms with E-state index >= 15 is 0 Å². The number of hydrogen-bond donors (Lipinski definition) is 1. The van der Waals surface area contributed by atoms with Crippen LogP contribution in [-0.2, 0) is 0 Å². The lowest BCUT2D eigenvalue weighted by atomic mass is 10.1. The van der Waals surface area contributed by atoms with Gasteiger partial charge in [0.15, 0.2) is 0 Å². The van der Waals surface area contributed by atoms with Crippen LogP contribution < -0.4 is 5.73 Å². The molecule has 2 N–H and O–H groups in total. The molecule has 2 rings (SSSR count). The molecule has 1 aromatic carbocycles. The molecule has 1 fully saturated rings. The van der Waals surface area contributed by atoms with Crippen molar-refractivity contribution in [3.05, 3.63) is 27.7 Å². The first-order valence-electron chi connectivity index (χ1n) is 6.56. The molecule has 1 amide bonds. The van der Waals surface area contributed by atoms with Gasteiger partial charge in [0.2, 0.25) is 0 Å². The van der Waals surface area contributed by atoms with Crippen LogP contribution in [0.15, 0.2) is 12.1 Å². The molecule has 0 radical (unpaired) electrons. The quantitative estimate of drug-likeness (QED) is 0.797. The molecule has 1 aliphatic rings. The van der Waals surface area contributed by atoms with E-state index in [0.29, 0.717) is 21.3 Å². The van der Waals surface area contributed by atoms with Crippen LogP contribution >= 0.6 is 23.2 Å². The van der Waals surface area contributed by atoms with E-state index in [1.165, 1.54) is 12.8 Å². The lowest BCUT2D eigenvalue weighted by molar-refractivity contribution is 0.0698. The molecule has 1 saturated heterocycles. The molecule has 1 aliphatic heterocycles. The van der Waals surface area contributed by atoms with E-state index in [1.54, 1.807) is 12.1 Å². The number of nitrogens with zero attached hydrogens (tertiary/aromatic N) is 1. The van der Waals surface area contributed by atoms with Gasteiger partial charge in [0.1, 0.15) is 0 Å². The second-order valence-electron chi connectivity index (χ2n) is 5.05. The highest BCUT2D eigenvalue weighted by Gasteiger charge is 2.24. The summed E-state index contributed by atoms with van der Waals surface area (Å²) in [6.07, 6.45) is 4.44. The number of nitrogens with two attached hydrogens (primary N) is 1. The maximum Gasteiger partial charge on any atom is 0.254 e. The van der Waals surface area contributed by atoms with Gasteiger partial charge in [-0.15, -0.1) is 0 Å². The largest absolute Gasteiger partial charge is 0.396 e. The molecular weight excluding hydrogens is 283 g/mol. The van der Waals surface area contributed by atoms with Crippen LogP contribution in [0.2, 0.25) is 10.0 Å². The highest BCUT2D eigenvalue weighted by atomic mass is 35.5. The van der Waals surface area contributed by atoms with Crippen LogP contribution in [0, 0.1) is 0 Å². The fourth-order valence-electron chi connectivity index (χ4n) is 2.45. The number of halogens is 2. The molecule has 5 heteroatoms. The van der Waals surface area contributed by atoms with Crippen LogP contribution in [0.4, 0.5) is 5.69 Å². The van der Waals surface area contributed by atoms with Crippen molar-refractivity contribution in [1.82, 2.24) is 4.90 Å². The minimum absolute atomic E-state index is 0.0156. The summed E-state index contributed by atoms with van der Waals surface area (Å²) >= 11 is 12.0. The van der Waals surface area contributed by atoms with E-state index in [1.807, 2.05) is 4.90 Å². The molecule has 19 heavy (non-hydrogen) atoms. The van der Waals surface area contributed by atoms with Gasteiger partial charge in [-0.3, -0.25) is 4.79 Å². The van der Waals surface area contributed by atoms with Crippen LogP contribution in [0.1, 0.15) is 43.0 Å². The summed E-state index contributed by atoms with van der Waals surface area (Å²) < 4.78 is 0. The summed E-state index contributed by atoms with van der Waals surface area (Å²) in [5, 5.41) is 0.664. The number of amides is 1. The molecule has 0 bridgehead atoms. The average molecular weight is 301 g/mol. The molecule has 0 aromatic heterocycles. The number of carbonyl (C=O) groups is 1. The van der Waals surface area contributed by atoms with Gasteiger partial charge in [-0.25, -0.2) is 0 Å². The second-order valence-corrected chi connectivity index (χ2v) is 5.86. The van der Waals surface area contributed by atoms with Crippen molar-refractivity contribution in [2.75, 3.05) is 12.3 Å². The third-order valence-corrected chi connectivity index (χ3v) is 4.27. The van der Waals surface area contributed by atoms with Gasteiger partial charge in [0.05, 0.1) is 15.7 Å². The van der Waals surface area contributed by atoms with Gasteiger partial charge in [-0.2, -0.15) is 0 Å². The van der Waals surface area contributed by atoms with Crippen molar-refractivity contribution in [3.8, 4) is 0 Å². The molecule has 1 heterocycles. The number of rotatable bonds is 1. The van der Waals surface area contributed by atoms with Crippen LogP contribution in [0.5, 0.6) is 0 Å². The Labute approximate surface area is 123 Å². The minimum Gasteiger partial charge on any atom is -0.396 e. The van der Waals surface area contributed by atoms with Crippen molar-refractivity contribution in [2.45, 2.75) is 38.6 Å². The highest BCUT2D eigenvalue weighted by Crippen LogP contribution is 2.30. The number of anilines is 1. The van der Waals surface area contributed by atoms with Gasteiger partial charge in [0, 0.05) is 18.2 Å². The smallest absolute Gasteiger partial charge is 0.254 e. The van der Waals surface area contributed by atoms with Gasteiger partial charge >= 0.3 is 0 Å². The lowest BCUT2D eigenvalue weighted by Gasteiger charge is -2.27. The van der Waals surface area contributed by atoms with Crippen molar-refractivity contribution in [3.63, 3.8) is 0 Å².